The van der Waals surface area contributed by atoms with E-state index < -0.39 is 35.3 Å². The van der Waals surface area contributed by atoms with Gasteiger partial charge in [-0.15, -0.1) is 0 Å². The van der Waals surface area contributed by atoms with Gasteiger partial charge in [-0.1, -0.05) is 26.7 Å². The minimum absolute atomic E-state index is 0.160. The number of aromatic nitrogens is 1. The third-order valence-corrected chi connectivity index (χ3v) is 7.99. The van der Waals surface area contributed by atoms with Gasteiger partial charge in [-0.3, -0.25) is 14.5 Å². The molecule has 1 aliphatic carbocycles. The van der Waals surface area contributed by atoms with Gasteiger partial charge in [-0.05, 0) is 56.0 Å². The molecule has 0 spiro atoms. The van der Waals surface area contributed by atoms with Crippen LogP contribution in [0.5, 0.6) is 0 Å². The van der Waals surface area contributed by atoms with Crippen LogP contribution < -0.4 is 11.1 Å². The standard InChI is InChI=1S/C27H35N5O4/c1-15(2)12-17(14-28)30-24(33)19-6-4-5-10-27(19,26(29)36)23-22-18-13-16(25(34)35)7-8-20(18)31-21(22)9-11-32(23)3/h7-8,13,15,17,19,23,31H,4-6,9-12H2,1-3H3,(H2,29,36)(H,30,33)(H,34,35)/t17-,19-,23?,27-/m0/s1. The lowest BCUT2D eigenvalue weighted by atomic mass is 9.58. The summed E-state index contributed by atoms with van der Waals surface area (Å²) < 4.78 is 0. The van der Waals surface area contributed by atoms with E-state index in [1.54, 1.807) is 18.2 Å². The van der Waals surface area contributed by atoms with Crippen LogP contribution >= 0.6 is 0 Å². The molecule has 9 heteroatoms. The first-order valence-electron chi connectivity index (χ1n) is 12.7. The first-order valence-corrected chi connectivity index (χ1v) is 12.7. The normalized spacial score (nSPS) is 25.2. The summed E-state index contributed by atoms with van der Waals surface area (Å²) in [6.45, 7) is 4.64. The molecule has 1 aromatic heterocycles. The Labute approximate surface area is 211 Å². The minimum atomic E-state index is -1.20. The van der Waals surface area contributed by atoms with Gasteiger partial charge >= 0.3 is 5.97 Å². The van der Waals surface area contributed by atoms with E-state index in [2.05, 4.69) is 21.3 Å². The maximum Gasteiger partial charge on any atom is 0.335 e. The maximum absolute atomic E-state index is 13.7. The number of carboxylic acid groups (broad SMARTS) is 1. The molecule has 5 N–H and O–H groups in total. The molecule has 1 saturated carbocycles. The van der Waals surface area contributed by atoms with Crippen LogP contribution in [0.25, 0.3) is 10.9 Å². The van der Waals surface area contributed by atoms with Crippen molar-refractivity contribution in [2.24, 2.45) is 23.0 Å². The summed E-state index contributed by atoms with van der Waals surface area (Å²) >= 11 is 0. The summed E-state index contributed by atoms with van der Waals surface area (Å²) in [5.41, 5.74) is 7.75. The summed E-state index contributed by atoms with van der Waals surface area (Å²) in [5.74, 6) is -2.35. The number of nitrogens with zero attached hydrogens (tertiary/aromatic N) is 2. The second kappa shape index (κ2) is 9.94. The van der Waals surface area contributed by atoms with Crippen molar-refractivity contribution in [3.63, 3.8) is 0 Å². The van der Waals surface area contributed by atoms with Crippen LogP contribution in [-0.4, -0.2) is 52.4 Å². The number of aromatic carboxylic acids is 1. The Bertz CT molecular complexity index is 1230. The van der Waals surface area contributed by atoms with E-state index in [-0.39, 0.29) is 17.4 Å². The predicted octanol–water partition coefficient (Wildman–Crippen LogP) is 3.11. The second-order valence-corrected chi connectivity index (χ2v) is 10.7. The van der Waals surface area contributed by atoms with E-state index in [1.165, 1.54) is 0 Å². The summed E-state index contributed by atoms with van der Waals surface area (Å²) in [7, 11) is 1.93. The monoisotopic (exact) mass is 493 g/mol. The van der Waals surface area contributed by atoms with Gasteiger partial charge in [0.25, 0.3) is 0 Å². The number of likely N-dealkylation sites (N-methyl/N-ethyl adjacent to an activating group) is 1. The molecule has 192 valence electrons. The molecule has 2 aliphatic rings. The van der Waals surface area contributed by atoms with Gasteiger partial charge < -0.3 is 21.1 Å². The van der Waals surface area contributed by atoms with Crippen molar-refractivity contribution in [2.75, 3.05) is 13.6 Å². The fourth-order valence-electron chi connectivity index (χ4n) is 6.41. The van der Waals surface area contributed by atoms with Crippen LogP contribution in [0.4, 0.5) is 0 Å². The highest BCUT2D eigenvalue weighted by molar-refractivity contribution is 5.97. The van der Waals surface area contributed by atoms with Crippen LogP contribution in [0.2, 0.25) is 0 Å². The molecule has 0 radical (unpaired) electrons. The smallest absolute Gasteiger partial charge is 0.335 e. The zero-order valence-electron chi connectivity index (χ0n) is 21.1. The van der Waals surface area contributed by atoms with Gasteiger partial charge in [0.1, 0.15) is 6.04 Å². The third kappa shape index (κ3) is 4.35. The fraction of sp³-hybridized carbons (Fsp3) is 0.556. The molecule has 36 heavy (non-hydrogen) atoms. The molecule has 9 nitrogen and oxygen atoms in total. The van der Waals surface area contributed by atoms with Gasteiger partial charge in [0, 0.05) is 29.6 Å². The number of carbonyl (C=O) groups excluding carboxylic acids is 2. The molecule has 2 heterocycles. The SMILES string of the molecule is CC(C)C[C@@H](C#N)NC(=O)[C@@H]1CCCC[C@@]1(C(N)=O)C1c2c([nH]c3ccc(C(=O)O)cc23)CCN1C. The van der Waals surface area contributed by atoms with E-state index in [1.807, 2.05) is 20.9 Å². The number of hydrogen-bond donors (Lipinski definition) is 4. The van der Waals surface area contributed by atoms with Gasteiger partial charge in [-0.2, -0.15) is 5.26 Å². The zero-order chi connectivity index (χ0) is 26.2. The number of hydrogen-bond acceptors (Lipinski definition) is 5. The van der Waals surface area contributed by atoms with E-state index in [4.69, 9.17) is 5.73 Å². The number of fused-ring (bicyclic) bond motifs is 3. The molecule has 4 rings (SSSR count). The van der Waals surface area contributed by atoms with E-state index in [0.29, 0.717) is 32.2 Å². The molecule has 4 atom stereocenters. The van der Waals surface area contributed by atoms with Crippen molar-refractivity contribution >= 4 is 28.7 Å². The Morgan fingerprint density at radius 3 is 2.72 bits per heavy atom. The number of carbonyl (C=O) groups is 3. The number of nitrogens with two attached hydrogens (primary N) is 1. The van der Waals surface area contributed by atoms with Crippen molar-refractivity contribution in [2.45, 2.75) is 64.5 Å². The summed E-state index contributed by atoms with van der Waals surface area (Å²) in [6.07, 6.45) is 3.71. The number of carboxylic acids is 1. The lowest BCUT2D eigenvalue weighted by molar-refractivity contribution is -0.150. The van der Waals surface area contributed by atoms with Gasteiger partial charge in [-0.25, -0.2) is 4.79 Å². The maximum atomic E-state index is 13.7. The molecular formula is C27H35N5O4. The average molecular weight is 494 g/mol. The molecule has 1 aromatic carbocycles. The Morgan fingerprint density at radius 2 is 2.08 bits per heavy atom. The Balaban J connectivity index is 1.85. The number of rotatable bonds is 7. The van der Waals surface area contributed by atoms with Crippen molar-refractivity contribution < 1.29 is 19.5 Å². The zero-order valence-corrected chi connectivity index (χ0v) is 21.1. The van der Waals surface area contributed by atoms with E-state index in [0.717, 1.165) is 35.0 Å². The van der Waals surface area contributed by atoms with Crippen molar-refractivity contribution in [3.05, 3.63) is 35.0 Å². The Kier molecular flexibility index (Phi) is 7.10. The summed E-state index contributed by atoms with van der Waals surface area (Å²) in [4.78, 5) is 44.4. The molecule has 0 bridgehead atoms. The van der Waals surface area contributed by atoms with Gasteiger partial charge in [0.15, 0.2) is 0 Å². The van der Waals surface area contributed by atoms with Crippen LogP contribution in [0, 0.1) is 28.6 Å². The Morgan fingerprint density at radius 1 is 1.33 bits per heavy atom. The number of aromatic amines is 1. The fourth-order valence-corrected chi connectivity index (χ4v) is 6.41. The quantitative estimate of drug-likeness (QED) is 0.465. The average Bonchev–Trinajstić information content (AvgIpc) is 3.20. The van der Waals surface area contributed by atoms with Crippen molar-refractivity contribution in [1.82, 2.24) is 15.2 Å². The number of primary amides is 1. The molecule has 2 aromatic rings. The van der Waals surface area contributed by atoms with Crippen LogP contribution in [-0.2, 0) is 16.0 Å². The first kappa shape index (κ1) is 25.7. The highest BCUT2D eigenvalue weighted by Crippen LogP contribution is 2.55. The topological polar surface area (TPSA) is 152 Å². The summed E-state index contributed by atoms with van der Waals surface area (Å²) in [5, 5.41) is 22.9. The molecule has 1 unspecified atom stereocenters. The second-order valence-electron chi connectivity index (χ2n) is 10.7. The number of nitrogens with one attached hydrogen (secondary N) is 2. The van der Waals surface area contributed by atoms with E-state index in [9.17, 15) is 24.8 Å². The Hall–Kier alpha value is -3.38. The van der Waals surface area contributed by atoms with E-state index >= 15 is 0 Å². The largest absolute Gasteiger partial charge is 0.478 e. The van der Waals surface area contributed by atoms with Crippen LogP contribution in [0.1, 0.15) is 73.6 Å². The first-order chi connectivity index (χ1) is 17.1. The minimum Gasteiger partial charge on any atom is -0.478 e. The van der Waals surface area contributed by atoms with Crippen LogP contribution in [0.15, 0.2) is 18.2 Å². The number of nitriles is 1. The third-order valence-electron chi connectivity index (χ3n) is 7.99. The molecule has 1 aliphatic heterocycles. The number of H-pyrrole nitrogens is 1. The molecule has 0 saturated heterocycles. The summed E-state index contributed by atoms with van der Waals surface area (Å²) in [6, 6.07) is 5.98. The van der Waals surface area contributed by atoms with Crippen molar-refractivity contribution in [1.29, 1.82) is 5.26 Å². The molecule has 1 fully saturated rings. The number of amides is 2. The lowest BCUT2D eigenvalue weighted by Gasteiger charge is -2.50. The lowest BCUT2D eigenvalue weighted by Crippen LogP contribution is -2.59. The van der Waals surface area contributed by atoms with Gasteiger partial charge in [0.05, 0.1) is 29.0 Å². The molecule has 2 amide bonds. The number of benzene rings is 1. The predicted molar refractivity (Wildman–Crippen MR) is 135 cm³/mol. The molecular weight excluding hydrogens is 458 g/mol. The van der Waals surface area contributed by atoms with Crippen molar-refractivity contribution in [3.8, 4) is 6.07 Å². The highest BCUT2D eigenvalue weighted by Gasteiger charge is 2.57. The highest BCUT2D eigenvalue weighted by atomic mass is 16.4. The van der Waals surface area contributed by atoms with Crippen LogP contribution in [0.3, 0.4) is 0 Å². The van der Waals surface area contributed by atoms with Gasteiger partial charge in [0.2, 0.25) is 11.8 Å².